The highest BCUT2D eigenvalue weighted by atomic mass is 127. The summed E-state index contributed by atoms with van der Waals surface area (Å²) in [4.78, 5) is 14.4. The summed E-state index contributed by atoms with van der Waals surface area (Å²) in [5, 5.41) is 4.26. The molecule has 0 aromatic rings. The van der Waals surface area contributed by atoms with Gasteiger partial charge in [0.2, 0.25) is 15.9 Å². The van der Waals surface area contributed by atoms with Crippen molar-refractivity contribution in [2.75, 3.05) is 32.7 Å². The molecule has 0 aromatic heterocycles. The first-order valence-electron chi connectivity index (χ1n) is 8.77. The van der Waals surface area contributed by atoms with Gasteiger partial charge in [-0.15, -0.1) is 23.2 Å². The second kappa shape index (κ2) is 8.41. The van der Waals surface area contributed by atoms with Gasteiger partial charge in [0.1, 0.15) is 0 Å². The van der Waals surface area contributed by atoms with E-state index < -0.39 is 10.0 Å². The Bertz CT molecular complexity index is 651. The van der Waals surface area contributed by atoms with E-state index in [9.17, 15) is 13.2 Å². The number of halogens is 3. The number of carbonyl (C=O) groups excluding carboxylic acids is 1. The van der Waals surface area contributed by atoms with E-state index in [1.165, 1.54) is 4.31 Å². The molecular weight excluding hydrogens is 512 g/mol. The van der Waals surface area contributed by atoms with Gasteiger partial charge in [-0.25, -0.2) is 8.42 Å². The van der Waals surface area contributed by atoms with Crippen molar-refractivity contribution in [1.82, 2.24) is 14.5 Å². The van der Waals surface area contributed by atoms with E-state index in [1.807, 2.05) is 4.90 Å². The summed E-state index contributed by atoms with van der Waals surface area (Å²) < 4.78 is 25.6. The fraction of sp³-hybridized carbons (Fsp3) is 0.812. The summed E-state index contributed by atoms with van der Waals surface area (Å²) in [7, 11) is -3.36. The number of hydrogen-bond acceptors (Lipinski definition) is 4. The molecule has 6 nitrogen and oxygen atoms in total. The molecule has 3 rings (SSSR count). The van der Waals surface area contributed by atoms with Gasteiger partial charge in [-0.2, -0.15) is 4.31 Å². The van der Waals surface area contributed by atoms with Crippen LogP contribution in [0.2, 0.25) is 0 Å². The predicted molar refractivity (Wildman–Crippen MR) is 112 cm³/mol. The van der Waals surface area contributed by atoms with Crippen molar-refractivity contribution in [1.29, 1.82) is 0 Å². The van der Waals surface area contributed by atoms with Crippen LogP contribution in [0.1, 0.15) is 12.8 Å². The Balaban J connectivity index is 1.47. The number of nitrogens with zero attached hydrogens (tertiary/aromatic N) is 2. The summed E-state index contributed by atoms with van der Waals surface area (Å²) >= 11 is 14.8. The predicted octanol–water partition coefficient (Wildman–Crippen LogP) is 1.62. The smallest absolute Gasteiger partial charge is 0.236 e. The van der Waals surface area contributed by atoms with Crippen molar-refractivity contribution < 1.29 is 13.2 Å². The molecule has 148 valence electrons. The molecule has 0 radical (unpaired) electrons. The van der Waals surface area contributed by atoms with Crippen molar-refractivity contribution in [3.63, 3.8) is 0 Å². The van der Waals surface area contributed by atoms with Crippen molar-refractivity contribution in [3.8, 4) is 0 Å². The van der Waals surface area contributed by atoms with E-state index in [4.69, 9.17) is 23.2 Å². The molecule has 1 amide bonds. The SMILES string of the molecule is C=CS(=O)(=O)N1CC2CN(C(=O)CNC3CC(Cl)C(Cl)CC3I)CC2C1. The maximum Gasteiger partial charge on any atom is 0.236 e. The van der Waals surface area contributed by atoms with E-state index in [0.29, 0.717) is 30.1 Å². The molecule has 0 bridgehead atoms. The summed E-state index contributed by atoms with van der Waals surface area (Å²) in [6, 6.07) is 0.187. The number of rotatable bonds is 5. The summed E-state index contributed by atoms with van der Waals surface area (Å²) in [6.07, 6.45) is 1.60. The molecule has 2 aliphatic heterocycles. The average Bonchev–Trinajstić information content (AvgIpc) is 3.16. The van der Waals surface area contributed by atoms with Gasteiger partial charge in [0, 0.05) is 41.6 Å². The van der Waals surface area contributed by atoms with E-state index >= 15 is 0 Å². The Morgan fingerprint density at radius 1 is 1.15 bits per heavy atom. The highest BCUT2D eigenvalue weighted by molar-refractivity contribution is 14.1. The molecule has 6 atom stereocenters. The number of nitrogens with one attached hydrogen (secondary N) is 1. The van der Waals surface area contributed by atoms with Crippen LogP contribution in [0.3, 0.4) is 0 Å². The second-order valence-corrected chi connectivity index (χ2v) is 12.0. The van der Waals surface area contributed by atoms with Gasteiger partial charge in [-0.05, 0) is 24.7 Å². The van der Waals surface area contributed by atoms with Crippen LogP contribution in [0.4, 0.5) is 0 Å². The first-order valence-corrected chi connectivity index (χ1v) is 12.4. The van der Waals surface area contributed by atoms with Gasteiger partial charge in [-0.3, -0.25) is 4.79 Å². The maximum absolute atomic E-state index is 12.6. The number of carbonyl (C=O) groups is 1. The standard InChI is InChI=1S/C16H24Cl2IN3O3S/c1-2-26(24,25)22-8-10-6-21(7-11(10)9-22)16(23)5-20-15-4-13(18)12(17)3-14(15)19/h2,10-15,20H,1,3-9H2. The van der Waals surface area contributed by atoms with E-state index in [0.717, 1.165) is 18.2 Å². The Labute approximate surface area is 178 Å². The highest BCUT2D eigenvalue weighted by Crippen LogP contribution is 2.34. The average molecular weight is 536 g/mol. The van der Waals surface area contributed by atoms with E-state index in [2.05, 4.69) is 34.5 Å². The fourth-order valence-electron chi connectivity index (χ4n) is 4.07. The number of sulfonamides is 1. The molecule has 1 aliphatic carbocycles. The zero-order valence-electron chi connectivity index (χ0n) is 14.4. The number of fused-ring (bicyclic) bond motifs is 1. The number of hydrogen-bond donors (Lipinski definition) is 1. The lowest BCUT2D eigenvalue weighted by molar-refractivity contribution is -0.129. The van der Waals surface area contributed by atoms with Crippen LogP contribution in [0.5, 0.6) is 0 Å². The number of amides is 1. The molecule has 26 heavy (non-hydrogen) atoms. The largest absolute Gasteiger partial charge is 0.341 e. The molecule has 2 saturated heterocycles. The van der Waals surface area contributed by atoms with E-state index in [-0.39, 0.29) is 41.1 Å². The normalized spacial score (nSPS) is 38.3. The third kappa shape index (κ3) is 4.51. The first kappa shape index (κ1) is 21.1. The lowest BCUT2D eigenvalue weighted by atomic mass is 9.94. The minimum absolute atomic E-state index is 0.0138. The molecule has 1 N–H and O–H groups in total. The summed E-state index contributed by atoms with van der Waals surface area (Å²) in [6.45, 7) is 5.85. The van der Waals surface area contributed by atoms with Gasteiger partial charge < -0.3 is 10.2 Å². The Morgan fingerprint density at radius 2 is 1.73 bits per heavy atom. The summed E-state index contributed by atoms with van der Waals surface area (Å²) in [5.74, 6) is 0.495. The molecule has 2 heterocycles. The van der Waals surface area contributed by atoms with Crippen molar-refractivity contribution in [2.24, 2.45) is 11.8 Å². The van der Waals surface area contributed by atoms with Crippen molar-refractivity contribution >= 4 is 61.7 Å². The van der Waals surface area contributed by atoms with Crippen molar-refractivity contribution in [3.05, 3.63) is 12.0 Å². The molecule has 3 aliphatic rings. The quantitative estimate of drug-likeness (QED) is 0.429. The summed E-state index contributed by atoms with van der Waals surface area (Å²) in [5.41, 5.74) is 0. The molecule has 1 saturated carbocycles. The fourth-order valence-corrected chi connectivity index (χ4v) is 7.07. The third-order valence-corrected chi connectivity index (χ3v) is 9.56. The van der Waals surface area contributed by atoms with Gasteiger partial charge in [0.05, 0.1) is 17.3 Å². The van der Waals surface area contributed by atoms with E-state index in [1.54, 1.807) is 0 Å². The Morgan fingerprint density at radius 3 is 2.31 bits per heavy atom. The van der Waals surface area contributed by atoms with Crippen LogP contribution < -0.4 is 5.32 Å². The minimum Gasteiger partial charge on any atom is -0.341 e. The molecule has 10 heteroatoms. The maximum atomic E-state index is 12.6. The van der Waals surface area contributed by atoms with Crippen LogP contribution in [0, 0.1) is 11.8 Å². The molecule has 6 unspecified atom stereocenters. The number of alkyl halides is 3. The Hall–Kier alpha value is 0.390. The second-order valence-electron chi connectivity index (χ2n) is 7.35. The van der Waals surface area contributed by atoms with Crippen LogP contribution in [0.15, 0.2) is 12.0 Å². The van der Waals surface area contributed by atoms with Crippen LogP contribution >= 0.6 is 45.8 Å². The molecule has 0 aromatic carbocycles. The van der Waals surface area contributed by atoms with Gasteiger partial charge in [0.15, 0.2) is 0 Å². The van der Waals surface area contributed by atoms with Gasteiger partial charge >= 0.3 is 0 Å². The molecule has 3 fully saturated rings. The zero-order valence-corrected chi connectivity index (χ0v) is 18.8. The van der Waals surface area contributed by atoms with Gasteiger partial charge in [0.25, 0.3) is 0 Å². The molecular formula is C16H24Cl2IN3O3S. The van der Waals surface area contributed by atoms with Crippen LogP contribution in [-0.2, 0) is 14.8 Å². The van der Waals surface area contributed by atoms with Crippen molar-refractivity contribution in [2.45, 2.75) is 33.6 Å². The Kier molecular flexibility index (Phi) is 6.82. The third-order valence-electron chi connectivity index (χ3n) is 5.65. The number of likely N-dealkylation sites (tertiary alicyclic amines) is 1. The topological polar surface area (TPSA) is 69.7 Å². The lowest BCUT2D eigenvalue weighted by Gasteiger charge is -2.34. The molecule has 0 spiro atoms. The minimum atomic E-state index is -3.36. The zero-order chi connectivity index (χ0) is 19.1. The monoisotopic (exact) mass is 535 g/mol. The van der Waals surface area contributed by atoms with Crippen LogP contribution in [0.25, 0.3) is 0 Å². The first-order chi connectivity index (χ1) is 12.2. The highest BCUT2D eigenvalue weighted by Gasteiger charge is 2.44. The van der Waals surface area contributed by atoms with Crippen LogP contribution in [-0.4, -0.2) is 77.0 Å². The van der Waals surface area contributed by atoms with Gasteiger partial charge in [-0.1, -0.05) is 29.2 Å². The lowest BCUT2D eigenvalue weighted by Crippen LogP contribution is -2.49.